The summed E-state index contributed by atoms with van der Waals surface area (Å²) in [4.78, 5) is 13.4. The number of anilines is 1. The van der Waals surface area contributed by atoms with E-state index in [4.69, 9.17) is 4.42 Å². The molecule has 0 aliphatic carbocycles. The largest absolute Gasteiger partial charge is 0.467 e. The van der Waals surface area contributed by atoms with Crippen molar-refractivity contribution in [2.45, 2.75) is 20.4 Å². The third-order valence-electron chi connectivity index (χ3n) is 4.18. The van der Waals surface area contributed by atoms with Gasteiger partial charge >= 0.3 is 0 Å². The predicted molar refractivity (Wildman–Crippen MR) is 92.2 cm³/mol. The maximum Gasteiger partial charge on any atom is 0.151 e. The van der Waals surface area contributed by atoms with E-state index in [-0.39, 0.29) is 0 Å². The molecule has 0 aromatic carbocycles. The van der Waals surface area contributed by atoms with Crippen LogP contribution in [0.4, 0.5) is 5.82 Å². The topological polar surface area (TPSA) is 68.8 Å². The molecule has 0 aliphatic heterocycles. The minimum atomic E-state index is 0.576. The van der Waals surface area contributed by atoms with Gasteiger partial charge < -0.3 is 9.73 Å². The first kappa shape index (κ1) is 14.4. The molecule has 0 aliphatic rings. The average molecular weight is 319 g/mol. The number of nitrogens with zero attached hydrogens (tertiary/aromatic N) is 4. The Bertz CT molecular complexity index is 974. The second-order valence-corrected chi connectivity index (χ2v) is 5.59. The molecule has 0 saturated carbocycles. The molecule has 120 valence electrons. The zero-order chi connectivity index (χ0) is 16.5. The van der Waals surface area contributed by atoms with Crippen LogP contribution in [-0.2, 0) is 6.54 Å². The van der Waals surface area contributed by atoms with Crippen LogP contribution in [-0.4, -0.2) is 19.5 Å². The molecule has 0 unspecified atom stereocenters. The first-order valence-corrected chi connectivity index (χ1v) is 7.76. The van der Waals surface area contributed by atoms with Crippen LogP contribution in [0.25, 0.3) is 16.9 Å². The molecule has 24 heavy (non-hydrogen) atoms. The van der Waals surface area contributed by atoms with Gasteiger partial charge in [0.1, 0.15) is 23.7 Å². The number of hydrogen-bond donors (Lipinski definition) is 1. The van der Waals surface area contributed by atoms with E-state index in [1.165, 1.54) is 0 Å². The molecule has 6 nitrogen and oxygen atoms in total. The number of fused-ring (bicyclic) bond motifs is 1. The number of hydrogen-bond acceptors (Lipinski definition) is 5. The molecule has 4 aromatic rings. The van der Waals surface area contributed by atoms with Gasteiger partial charge in [0.2, 0.25) is 0 Å². The van der Waals surface area contributed by atoms with Crippen molar-refractivity contribution in [3.8, 4) is 5.82 Å². The highest BCUT2D eigenvalue weighted by atomic mass is 16.3. The third-order valence-corrected chi connectivity index (χ3v) is 4.18. The number of rotatable bonds is 4. The molecule has 0 radical (unpaired) electrons. The van der Waals surface area contributed by atoms with Gasteiger partial charge in [0.15, 0.2) is 5.65 Å². The molecule has 4 rings (SSSR count). The Morgan fingerprint density at radius 2 is 2.00 bits per heavy atom. The molecule has 0 amide bonds. The van der Waals surface area contributed by atoms with Crippen molar-refractivity contribution in [2.75, 3.05) is 5.32 Å². The van der Waals surface area contributed by atoms with Gasteiger partial charge in [-0.05, 0) is 43.7 Å². The summed E-state index contributed by atoms with van der Waals surface area (Å²) in [6, 6.07) is 9.66. The van der Waals surface area contributed by atoms with Crippen LogP contribution in [0.5, 0.6) is 0 Å². The van der Waals surface area contributed by atoms with E-state index in [2.05, 4.69) is 38.7 Å². The van der Waals surface area contributed by atoms with Gasteiger partial charge in [-0.3, -0.25) is 4.57 Å². The van der Waals surface area contributed by atoms with Crippen LogP contribution in [0.1, 0.15) is 17.0 Å². The number of aromatic nitrogens is 4. The molecule has 0 bridgehead atoms. The van der Waals surface area contributed by atoms with Gasteiger partial charge in [-0.1, -0.05) is 6.07 Å². The minimum Gasteiger partial charge on any atom is -0.467 e. The fourth-order valence-corrected chi connectivity index (χ4v) is 2.88. The minimum absolute atomic E-state index is 0.576. The number of nitrogens with one attached hydrogen (secondary N) is 1. The van der Waals surface area contributed by atoms with Crippen LogP contribution in [0.15, 0.2) is 53.5 Å². The monoisotopic (exact) mass is 319 g/mol. The second kappa shape index (κ2) is 5.81. The molecule has 0 saturated heterocycles. The summed E-state index contributed by atoms with van der Waals surface area (Å²) in [5.74, 6) is 2.51. The van der Waals surface area contributed by atoms with Gasteiger partial charge in [-0.2, -0.15) is 0 Å². The Morgan fingerprint density at radius 1 is 1.08 bits per heavy atom. The number of pyridine rings is 1. The highest BCUT2D eigenvalue weighted by Crippen LogP contribution is 2.30. The third kappa shape index (κ3) is 2.32. The Balaban J connectivity index is 1.83. The summed E-state index contributed by atoms with van der Waals surface area (Å²) < 4.78 is 7.43. The Morgan fingerprint density at radius 3 is 2.75 bits per heavy atom. The molecular weight excluding hydrogens is 302 g/mol. The second-order valence-electron chi connectivity index (χ2n) is 5.59. The fourth-order valence-electron chi connectivity index (χ4n) is 2.88. The molecule has 0 atom stereocenters. The van der Waals surface area contributed by atoms with E-state index >= 15 is 0 Å². The summed E-state index contributed by atoms with van der Waals surface area (Å²) in [5.41, 5.74) is 3.09. The highest BCUT2D eigenvalue weighted by molar-refractivity contribution is 5.92. The van der Waals surface area contributed by atoms with Crippen molar-refractivity contribution in [1.29, 1.82) is 0 Å². The van der Waals surface area contributed by atoms with Crippen LogP contribution in [0, 0.1) is 13.8 Å². The lowest BCUT2D eigenvalue weighted by Gasteiger charge is -2.07. The van der Waals surface area contributed by atoms with Crippen molar-refractivity contribution in [3.63, 3.8) is 0 Å². The zero-order valence-corrected chi connectivity index (χ0v) is 13.5. The number of furan rings is 1. The van der Waals surface area contributed by atoms with Gasteiger partial charge in [0, 0.05) is 11.9 Å². The average Bonchev–Trinajstić information content (AvgIpc) is 3.22. The van der Waals surface area contributed by atoms with Gasteiger partial charge in [0.25, 0.3) is 0 Å². The van der Waals surface area contributed by atoms with Crippen LogP contribution in [0.3, 0.4) is 0 Å². The quantitative estimate of drug-likeness (QED) is 0.622. The van der Waals surface area contributed by atoms with E-state index in [0.717, 1.165) is 39.7 Å². The maximum atomic E-state index is 5.37. The molecule has 0 fully saturated rings. The van der Waals surface area contributed by atoms with E-state index in [1.54, 1.807) is 18.8 Å². The fraction of sp³-hybridized carbons (Fsp3) is 0.167. The summed E-state index contributed by atoms with van der Waals surface area (Å²) in [6.07, 6.45) is 5.03. The van der Waals surface area contributed by atoms with Gasteiger partial charge in [-0.25, -0.2) is 15.0 Å². The summed E-state index contributed by atoms with van der Waals surface area (Å²) >= 11 is 0. The first-order valence-electron chi connectivity index (χ1n) is 7.76. The number of aryl methyl sites for hydroxylation is 1. The van der Waals surface area contributed by atoms with Gasteiger partial charge in [0.05, 0.1) is 18.2 Å². The lowest BCUT2D eigenvalue weighted by molar-refractivity contribution is 0.518. The molecular formula is C18H17N5O. The van der Waals surface area contributed by atoms with E-state index in [0.29, 0.717) is 6.54 Å². The maximum absolute atomic E-state index is 5.37. The van der Waals surface area contributed by atoms with Crippen molar-refractivity contribution < 1.29 is 4.42 Å². The van der Waals surface area contributed by atoms with Gasteiger partial charge in [-0.15, -0.1) is 0 Å². The van der Waals surface area contributed by atoms with Crippen LogP contribution >= 0.6 is 0 Å². The zero-order valence-electron chi connectivity index (χ0n) is 13.5. The van der Waals surface area contributed by atoms with Crippen molar-refractivity contribution in [2.24, 2.45) is 0 Å². The molecule has 1 N–H and O–H groups in total. The normalized spacial score (nSPS) is 11.1. The van der Waals surface area contributed by atoms with Crippen LogP contribution in [0.2, 0.25) is 0 Å². The Kier molecular flexibility index (Phi) is 3.49. The molecule has 4 heterocycles. The predicted octanol–water partition coefficient (Wildman–Crippen LogP) is 3.64. The smallest absolute Gasteiger partial charge is 0.151 e. The van der Waals surface area contributed by atoms with Crippen molar-refractivity contribution in [1.82, 2.24) is 19.5 Å². The Labute approximate surface area is 139 Å². The standard InChI is InChI=1S/C18H17N5O/c1-12-13(2)23(15-7-3-4-8-19-15)18-16(12)17(21-11-22-18)20-10-14-6-5-9-24-14/h3-9,11H,10H2,1-2H3,(H,20,21,22). The lowest BCUT2D eigenvalue weighted by Crippen LogP contribution is -2.03. The molecule has 4 aromatic heterocycles. The highest BCUT2D eigenvalue weighted by Gasteiger charge is 2.18. The summed E-state index contributed by atoms with van der Waals surface area (Å²) in [7, 11) is 0. The van der Waals surface area contributed by atoms with E-state index in [1.807, 2.05) is 30.3 Å². The Hall–Kier alpha value is -3.15. The first-order chi connectivity index (χ1) is 11.8. The van der Waals surface area contributed by atoms with Crippen LogP contribution < -0.4 is 5.32 Å². The summed E-state index contributed by atoms with van der Waals surface area (Å²) in [5, 5.41) is 4.35. The summed E-state index contributed by atoms with van der Waals surface area (Å²) in [6.45, 7) is 4.73. The van der Waals surface area contributed by atoms with E-state index in [9.17, 15) is 0 Å². The van der Waals surface area contributed by atoms with Crippen molar-refractivity contribution in [3.05, 3.63) is 66.1 Å². The van der Waals surface area contributed by atoms with Crippen molar-refractivity contribution >= 4 is 16.9 Å². The molecule has 0 spiro atoms. The van der Waals surface area contributed by atoms with E-state index < -0.39 is 0 Å². The molecule has 6 heteroatoms. The SMILES string of the molecule is Cc1c(C)n(-c2ccccn2)c2ncnc(NCc3ccco3)c12. The lowest BCUT2D eigenvalue weighted by atomic mass is 10.2.